The zero-order chi connectivity index (χ0) is 13.2. The quantitative estimate of drug-likeness (QED) is 0.851. The van der Waals surface area contributed by atoms with Crippen molar-refractivity contribution in [2.75, 3.05) is 0 Å². The van der Waals surface area contributed by atoms with Crippen LogP contribution < -0.4 is 4.72 Å². The molecule has 1 aromatic rings. The average molecular weight is 260 g/mol. The zero-order valence-electron chi connectivity index (χ0n) is 10.3. The first-order valence-electron chi connectivity index (χ1n) is 5.27. The summed E-state index contributed by atoms with van der Waals surface area (Å²) in [6.45, 7) is 6.25. The van der Waals surface area contributed by atoms with Crippen LogP contribution in [-0.2, 0) is 14.8 Å². The summed E-state index contributed by atoms with van der Waals surface area (Å²) in [7, 11) is -3.76. The molecule has 1 atom stereocenters. The first-order valence-corrected chi connectivity index (χ1v) is 6.75. The lowest BCUT2D eigenvalue weighted by Crippen LogP contribution is -2.38. The predicted octanol–water partition coefficient (Wildman–Crippen LogP) is 0.937. The molecule has 1 unspecified atom stereocenters. The third-order valence-corrected chi connectivity index (χ3v) is 4.18. The number of aromatic nitrogens is 1. The number of Topliss-reactive ketones (excluding diaryl/α,β-unsaturated/α-hetero) is 1. The van der Waals surface area contributed by atoms with Crippen molar-refractivity contribution in [2.45, 2.75) is 45.1 Å². The Morgan fingerprint density at radius 3 is 2.47 bits per heavy atom. The Balaban J connectivity index is 3.02. The third kappa shape index (κ3) is 2.92. The number of hydrogen-bond acceptors (Lipinski definition) is 5. The van der Waals surface area contributed by atoms with E-state index in [0.29, 0.717) is 0 Å². The van der Waals surface area contributed by atoms with E-state index in [2.05, 4.69) is 9.88 Å². The van der Waals surface area contributed by atoms with Crippen LogP contribution in [0.2, 0.25) is 0 Å². The van der Waals surface area contributed by atoms with Gasteiger partial charge in [-0.2, -0.15) is 0 Å². The Kier molecular flexibility index (Phi) is 4.05. The number of nitrogens with one attached hydrogen (secondary N) is 1. The number of hydrogen-bond donors (Lipinski definition) is 1. The molecular weight excluding hydrogens is 244 g/mol. The number of rotatable bonds is 5. The van der Waals surface area contributed by atoms with Gasteiger partial charge in [0.25, 0.3) is 0 Å². The minimum atomic E-state index is -3.76. The monoisotopic (exact) mass is 260 g/mol. The molecule has 0 spiro atoms. The van der Waals surface area contributed by atoms with E-state index >= 15 is 0 Å². The largest absolute Gasteiger partial charge is 0.360 e. The van der Waals surface area contributed by atoms with Gasteiger partial charge in [-0.15, -0.1) is 0 Å². The van der Waals surface area contributed by atoms with Gasteiger partial charge in [0, 0.05) is 6.42 Å². The van der Waals surface area contributed by atoms with Crippen LogP contribution in [-0.4, -0.2) is 25.4 Å². The molecule has 0 aliphatic carbocycles. The summed E-state index contributed by atoms with van der Waals surface area (Å²) in [4.78, 5) is 11.4. The number of carbonyl (C=O) groups is 1. The van der Waals surface area contributed by atoms with Gasteiger partial charge in [-0.05, 0) is 20.8 Å². The standard InChI is InChI=1S/C10H16N2O4S/c1-5-9(13)6(2)12-17(14,15)10-7(3)11-16-8(10)4/h6,12H,5H2,1-4H3. The molecular formula is C10H16N2O4S. The van der Waals surface area contributed by atoms with E-state index in [1.165, 1.54) is 20.8 Å². The molecule has 17 heavy (non-hydrogen) atoms. The minimum Gasteiger partial charge on any atom is -0.360 e. The van der Waals surface area contributed by atoms with Crippen molar-refractivity contribution in [2.24, 2.45) is 0 Å². The van der Waals surface area contributed by atoms with Crippen LogP contribution >= 0.6 is 0 Å². The van der Waals surface area contributed by atoms with Gasteiger partial charge in [-0.1, -0.05) is 12.1 Å². The maximum Gasteiger partial charge on any atom is 0.246 e. The van der Waals surface area contributed by atoms with Gasteiger partial charge in [0.15, 0.2) is 5.76 Å². The zero-order valence-corrected chi connectivity index (χ0v) is 11.1. The molecule has 0 aliphatic rings. The minimum absolute atomic E-state index is 0.00764. The van der Waals surface area contributed by atoms with Crippen LogP contribution in [0.15, 0.2) is 9.42 Å². The Hall–Kier alpha value is -1.21. The molecule has 96 valence electrons. The van der Waals surface area contributed by atoms with Crippen LogP contribution in [0.5, 0.6) is 0 Å². The van der Waals surface area contributed by atoms with E-state index in [4.69, 9.17) is 4.52 Å². The highest BCUT2D eigenvalue weighted by Crippen LogP contribution is 2.18. The molecule has 0 bridgehead atoms. The van der Waals surface area contributed by atoms with Gasteiger partial charge in [-0.3, -0.25) is 4.79 Å². The summed E-state index contributed by atoms with van der Waals surface area (Å²) in [6.07, 6.45) is 0.283. The lowest BCUT2D eigenvalue weighted by molar-refractivity contribution is -0.119. The van der Waals surface area contributed by atoms with Gasteiger partial charge in [0.1, 0.15) is 16.4 Å². The predicted molar refractivity (Wildman–Crippen MR) is 61.1 cm³/mol. The molecule has 0 radical (unpaired) electrons. The Labute approximate surface area is 100 Å². The second kappa shape index (κ2) is 4.97. The smallest absolute Gasteiger partial charge is 0.246 e. The van der Waals surface area contributed by atoms with Crippen molar-refractivity contribution in [3.63, 3.8) is 0 Å². The summed E-state index contributed by atoms with van der Waals surface area (Å²) in [5.74, 6) is 0.0477. The van der Waals surface area contributed by atoms with Crippen molar-refractivity contribution in [1.29, 1.82) is 0 Å². The fourth-order valence-corrected chi connectivity index (χ4v) is 3.08. The average Bonchev–Trinajstić information content (AvgIpc) is 2.57. The molecule has 0 aliphatic heterocycles. The van der Waals surface area contributed by atoms with Gasteiger partial charge in [0.05, 0.1) is 6.04 Å². The molecule has 1 heterocycles. The Morgan fingerprint density at radius 1 is 1.47 bits per heavy atom. The fourth-order valence-electron chi connectivity index (χ4n) is 1.52. The van der Waals surface area contributed by atoms with Gasteiger partial charge in [0.2, 0.25) is 10.0 Å². The van der Waals surface area contributed by atoms with Crippen molar-refractivity contribution in [1.82, 2.24) is 9.88 Å². The van der Waals surface area contributed by atoms with E-state index in [0.717, 1.165) is 0 Å². The fraction of sp³-hybridized carbons (Fsp3) is 0.600. The molecule has 6 nitrogen and oxygen atoms in total. The maximum atomic E-state index is 12.0. The molecule has 0 saturated carbocycles. The lowest BCUT2D eigenvalue weighted by atomic mass is 10.2. The normalized spacial score (nSPS) is 13.6. The van der Waals surface area contributed by atoms with Crippen LogP contribution in [0.1, 0.15) is 31.7 Å². The topological polar surface area (TPSA) is 89.3 Å². The van der Waals surface area contributed by atoms with Gasteiger partial charge in [-0.25, -0.2) is 13.1 Å². The highest BCUT2D eigenvalue weighted by atomic mass is 32.2. The Morgan fingerprint density at radius 2 is 2.06 bits per heavy atom. The lowest BCUT2D eigenvalue weighted by Gasteiger charge is -2.11. The molecule has 0 amide bonds. The number of ketones is 1. The Bertz CT molecular complexity index is 499. The van der Waals surface area contributed by atoms with Gasteiger partial charge < -0.3 is 4.52 Å². The summed E-state index contributed by atoms with van der Waals surface area (Å²) in [6, 6.07) is -0.751. The van der Waals surface area contributed by atoms with Crippen LogP contribution in [0.25, 0.3) is 0 Å². The highest BCUT2D eigenvalue weighted by Gasteiger charge is 2.27. The van der Waals surface area contributed by atoms with Crippen molar-refractivity contribution < 1.29 is 17.7 Å². The second-order valence-electron chi connectivity index (χ2n) is 3.82. The molecule has 0 aromatic carbocycles. The molecule has 1 aromatic heterocycles. The SMILES string of the molecule is CCC(=O)C(C)NS(=O)(=O)c1c(C)noc1C. The van der Waals surface area contributed by atoms with E-state index in [-0.39, 0.29) is 28.6 Å². The number of nitrogens with zero attached hydrogens (tertiary/aromatic N) is 1. The summed E-state index contributed by atoms with van der Waals surface area (Å²) >= 11 is 0. The van der Waals surface area contributed by atoms with Gasteiger partial charge >= 0.3 is 0 Å². The van der Waals surface area contributed by atoms with Crippen molar-refractivity contribution in [3.8, 4) is 0 Å². The maximum absolute atomic E-state index is 12.0. The molecule has 1 N–H and O–H groups in total. The van der Waals surface area contributed by atoms with E-state index < -0.39 is 16.1 Å². The van der Waals surface area contributed by atoms with E-state index in [1.54, 1.807) is 6.92 Å². The summed E-state index contributed by atoms with van der Waals surface area (Å²) in [5, 5.41) is 3.58. The number of carbonyl (C=O) groups excluding carboxylic acids is 1. The van der Waals surface area contributed by atoms with E-state index in [1.807, 2.05) is 0 Å². The molecule has 0 saturated heterocycles. The first-order chi connectivity index (χ1) is 7.79. The highest BCUT2D eigenvalue weighted by molar-refractivity contribution is 7.89. The number of aryl methyl sites for hydroxylation is 2. The van der Waals surface area contributed by atoms with E-state index in [9.17, 15) is 13.2 Å². The van der Waals surface area contributed by atoms with Crippen molar-refractivity contribution >= 4 is 15.8 Å². The molecule has 1 rings (SSSR count). The van der Waals surface area contributed by atoms with Crippen molar-refractivity contribution in [3.05, 3.63) is 11.5 Å². The van der Waals surface area contributed by atoms with Crippen LogP contribution in [0, 0.1) is 13.8 Å². The molecule has 0 fully saturated rings. The van der Waals surface area contributed by atoms with Crippen LogP contribution in [0.4, 0.5) is 0 Å². The summed E-state index contributed by atoms with van der Waals surface area (Å²) in [5.41, 5.74) is 0.283. The first kappa shape index (κ1) is 13.9. The number of sulfonamides is 1. The third-order valence-electron chi connectivity index (χ3n) is 2.40. The molecule has 7 heteroatoms. The second-order valence-corrected chi connectivity index (χ2v) is 5.47. The van der Waals surface area contributed by atoms with Crippen LogP contribution in [0.3, 0.4) is 0 Å². The summed E-state index contributed by atoms with van der Waals surface area (Å²) < 4.78 is 31.1.